The Morgan fingerprint density at radius 1 is 0.574 bits per heavy atom. The van der Waals surface area contributed by atoms with Gasteiger partial charge < -0.3 is 19.8 Å². The Bertz CT molecular complexity index is 1220. The number of carbonyl (C=O) groups is 1. The SMILES string of the molecule is CC/C=C\C/C=C\C/C=C\C/C=C\CCCCCCCCCCCCCCCCCCC(=O)NC(COP(=O)(O)OCC[N+](C)(C)C)C(O)/C=C/CC/C=C/CCCCCC. The van der Waals surface area contributed by atoms with Crippen LogP contribution in [-0.4, -0.2) is 73.4 Å². The molecule has 0 aromatic rings. The van der Waals surface area contributed by atoms with Gasteiger partial charge in [0, 0.05) is 6.42 Å². The first kappa shape index (κ1) is 58.9. The predicted octanol–water partition coefficient (Wildman–Crippen LogP) is 14.4. The van der Waals surface area contributed by atoms with Gasteiger partial charge in [-0.15, -0.1) is 0 Å². The van der Waals surface area contributed by atoms with E-state index in [0.29, 0.717) is 17.4 Å². The second kappa shape index (κ2) is 43.2. The van der Waals surface area contributed by atoms with E-state index in [-0.39, 0.29) is 19.1 Å². The van der Waals surface area contributed by atoms with Gasteiger partial charge in [-0.05, 0) is 70.6 Å². The Hall–Kier alpha value is -2.06. The summed E-state index contributed by atoms with van der Waals surface area (Å²) in [6, 6.07) is -0.863. The maximum atomic E-state index is 12.9. The molecule has 1 amide bonds. The summed E-state index contributed by atoms with van der Waals surface area (Å²) >= 11 is 0. The molecule has 3 N–H and O–H groups in total. The van der Waals surface area contributed by atoms with E-state index in [4.69, 9.17) is 9.05 Å². The van der Waals surface area contributed by atoms with Crippen LogP contribution in [0.4, 0.5) is 0 Å². The van der Waals surface area contributed by atoms with E-state index in [1.165, 1.54) is 116 Å². The third-order valence-corrected chi connectivity index (χ3v) is 11.6. The Balaban J connectivity index is 4.10. The lowest BCUT2D eigenvalue weighted by Crippen LogP contribution is -2.45. The van der Waals surface area contributed by atoms with Gasteiger partial charge in [-0.25, -0.2) is 4.57 Å². The third-order valence-electron chi connectivity index (χ3n) is 10.7. The molecule has 0 aromatic carbocycles. The Kier molecular flexibility index (Phi) is 41.7. The predicted molar refractivity (Wildman–Crippen MR) is 263 cm³/mol. The molecule has 0 aliphatic heterocycles. The van der Waals surface area contributed by atoms with Gasteiger partial charge in [0.05, 0.1) is 39.9 Å². The van der Waals surface area contributed by atoms with Crippen LogP contribution in [0.2, 0.25) is 0 Å². The van der Waals surface area contributed by atoms with E-state index in [1.807, 2.05) is 27.2 Å². The number of amides is 1. The van der Waals surface area contributed by atoms with Gasteiger partial charge in [0.1, 0.15) is 13.2 Å². The number of likely N-dealkylation sites (N-methyl/N-ethyl adjacent to an activating group) is 1. The summed E-state index contributed by atoms with van der Waals surface area (Å²) in [7, 11) is 1.55. The molecule has 0 aliphatic carbocycles. The molecule has 0 aromatic heterocycles. The summed E-state index contributed by atoms with van der Waals surface area (Å²) in [6.45, 7) is 4.63. The number of hydrogen-bond acceptors (Lipinski definition) is 5. The van der Waals surface area contributed by atoms with Crippen molar-refractivity contribution in [1.82, 2.24) is 5.32 Å². The van der Waals surface area contributed by atoms with Gasteiger partial charge in [-0.3, -0.25) is 13.8 Å². The van der Waals surface area contributed by atoms with Crippen molar-refractivity contribution < 1.29 is 32.9 Å². The molecule has 354 valence electrons. The van der Waals surface area contributed by atoms with Gasteiger partial charge in [0.15, 0.2) is 0 Å². The smallest absolute Gasteiger partial charge is 0.387 e. The Labute approximate surface area is 376 Å². The molecule has 0 bridgehead atoms. The highest BCUT2D eigenvalue weighted by atomic mass is 31.2. The molecular weight excluding hydrogens is 780 g/mol. The molecule has 61 heavy (non-hydrogen) atoms. The number of allylic oxidation sites excluding steroid dienone is 11. The normalized spacial score (nSPS) is 14.8. The number of carbonyl (C=O) groups excluding carboxylic acids is 1. The summed E-state index contributed by atoms with van der Waals surface area (Å²) in [5, 5.41) is 13.8. The fourth-order valence-electron chi connectivity index (χ4n) is 6.75. The van der Waals surface area contributed by atoms with Crippen LogP contribution in [0.5, 0.6) is 0 Å². The van der Waals surface area contributed by atoms with Crippen LogP contribution < -0.4 is 5.32 Å². The third kappa shape index (κ3) is 45.8. The Morgan fingerprint density at radius 3 is 1.51 bits per heavy atom. The zero-order valence-corrected chi connectivity index (χ0v) is 41.0. The lowest BCUT2D eigenvalue weighted by molar-refractivity contribution is -0.870. The van der Waals surface area contributed by atoms with Crippen molar-refractivity contribution in [1.29, 1.82) is 0 Å². The first-order valence-corrected chi connectivity index (χ1v) is 26.3. The summed E-state index contributed by atoms with van der Waals surface area (Å²) in [5.41, 5.74) is 0. The fraction of sp³-hybridized carbons (Fsp3) is 0.750. The van der Waals surface area contributed by atoms with Crippen molar-refractivity contribution in [3.05, 3.63) is 72.9 Å². The number of unbranched alkanes of at least 4 members (excludes halogenated alkanes) is 21. The second-order valence-corrected chi connectivity index (χ2v) is 19.3. The number of rotatable bonds is 44. The molecule has 0 rings (SSSR count). The number of nitrogens with zero attached hydrogens (tertiary/aromatic N) is 1. The van der Waals surface area contributed by atoms with Crippen LogP contribution in [0.3, 0.4) is 0 Å². The number of hydrogen-bond donors (Lipinski definition) is 3. The van der Waals surface area contributed by atoms with E-state index in [0.717, 1.165) is 64.2 Å². The molecule has 0 spiro atoms. The van der Waals surface area contributed by atoms with Crippen molar-refractivity contribution in [2.75, 3.05) is 40.9 Å². The highest BCUT2D eigenvalue weighted by Gasteiger charge is 2.27. The summed E-state index contributed by atoms with van der Waals surface area (Å²) in [6.07, 6.45) is 58.6. The molecule has 0 radical (unpaired) electrons. The van der Waals surface area contributed by atoms with E-state index in [2.05, 4.69) is 79.9 Å². The van der Waals surface area contributed by atoms with Crippen molar-refractivity contribution >= 4 is 13.7 Å². The van der Waals surface area contributed by atoms with Crippen LogP contribution in [0.1, 0.15) is 200 Å². The molecule has 3 unspecified atom stereocenters. The standard InChI is InChI=1S/C52H95N2O6P/c1-6-8-10-12-14-16-18-19-20-21-22-23-24-25-26-27-28-29-30-31-32-33-34-35-36-38-40-42-44-46-52(56)53-50(49-60-61(57,58)59-48-47-54(3,4)5)51(55)45-43-41-39-37-17-15-13-11-9-7-2/h8,10,14,16-17,19-20,22-23,37,43,45,50-51,55H,6-7,9,11-13,15,18,21,24-36,38-42,44,46-49H2,1-5H3,(H-,53,56,57,58)/p+1/b10-8-,16-14-,20-19-,23-22-,37-17+,45-43+. The van der Waals surface area contributed by atoms with Gasteiger partial charge in [-0.2, -0.15) is 0 Å². The van der Waals surface area contributed by atoms with E-state index >= 15 is 0 Å². The van der Waals surface area contributed by atoms with Crippen LogP contribution >= 0.6 is 7.82 Å². The highest BCUT2D eigenvalue weighted by molar-refractivity contribution is 7.47. The summed E-state index contributed by atoms with van der Waals surface area (Å²) in [4.78, 5) is 23.1. The minimum Gasteiger partial charge on any atom is -0.387 e. The number of aliphatic hydroxyl groups is 1. The largest absolute Gasteiger partial charge is 0.472 e. The molecule has 0 saturated carbocycles. The van der Waals surface area contributed by atoms with Crippen LogP contribution in [-0.2, 0) is 18.4 Å². The number of quaternary nitrogens is 1. The maximum Gasteiger partial charge on any atom is 0.472 e. The molecule has 0 fully saturated rings. The number of aliphatic hydroxyl groups excluding tert-OH is 1. The molecule has 0 saturated heterocycles. The fourth-order valence-corrected chi connectivity index (χ4v) is 7.49. The molecule has 9 heteroatoms. The molecule has 3 atom stereocenters. The zero-order valence-electron chi connectivity index (χ0n) is 40.1. The van der Waals surface area contributed by atoms with E-state index in [9.17, 15) is 19.4 Å². The number of nitrogens with one attached hydrogen (secondary N) is 1. The zero-order chi connectivity index (χ0) is 45.0. The first-order valence-electron chi connectivity index (χ1n) is 24.8. The van der Waals surface area contributed by atoms with Crippen LogP contribution in [0.15, 0.2) is 72.9 Å². The summed E-state index contributed by atoms with van der Waals surface area (Å²) < 4.78 is 23.5. The van der Waals surface area contributed by atoms with Crippen molar-refractivity contribution in [2.45, 2.75) is 212 Å². The second-order valence-electron chi connectivity index (χ2n) is 17.8. The molecular formula is C52H96N2O6P+. The van der Waals surface area contributed by atoms with Crippen LogP contribution in [0.25, 0.3) is 0 Å². The number of phosphoric acid groups is 1. The van der Waals surface area contributed by atoms with E-state index in [1.54, 1.807) is 6.08 Å². The molecule has 8 nitrogen and oxygen atoms in total. The van der Waals surface area contributed by atoms with Gasteiger partial charge in [-0.1, -0.05) is 196 Å². The minimum atomic E-state index is -4.34. The van der Waals surface area contributed by atoms with Crippen LogP contribution in [0, 0.1) is 0 Å². The summed E-state index contributed by atoms with van der Waals surface area (Å²) in [5.74, 6) is -0.191. The topological polar surface area (TPSA) is 105 Å². The van der Waals surface area contributed by atoms with Gasteiger partial charge in [0.25, 0.3) is 0 Å². The highest BCUT2D eigenvalue weighted by Crippen LogP contribution is 2.43. The lowest BCUT2D eigenvalue weighted by Gasteiger charge is -2.25. The average molecular weight is 876 g/mol. The first-order chi connectivity index (χ1) is 29.5. The van der Waals surface area contributed by atoms with Gasteiger partial charge in [0.2, 0.25) is 5.91 Å². The van der Waals surface area contributed by atoms with Crippen molar-refractivity contribution in [3.8, 4) is 0 Å². The monoisotopic (exact) mass is 876 g/mol. The maximum absolute atomic E-state index is 12.9. The quantitative estimate of drug-likeness (QED) is 0.0244. The van der Waals surface area contributed by atoms with Crippen molar-refractivity contribution in [3.63, 3.8) is 0 Å². The molecule has 0 aliphatic rings. The lowest BCUT2D eigenvalue weighted by atomic mass is 10.0. The molecule has 0 heterocycles. The van der Waals surface area contributed by atoms with Crippen molar-refractivity contribution in [2.24, 2.45) is 0 Å². The van der Waals surface area contributed by atoms with Gasteiger partial charge >= 0.3 is 7.82 Å². The number of phosphoric ester groups is 1. The van der Waals surface area contributed by atoms with E-state index < -0.39 is 20.0 Å². The average Bonchev–Trinajstić information content (AvgIpc) is 3.21. The minimum absolute atomic E-state index is 0.0540. The Morgan fingerprint density at radius 2 is 1.00 bits per heavy atom.